The Morgan fingerprint density at radius 1 is 1.31 bits per heavy atom. The molecule has 1 aliphatic rings. The number of carbonyl (C=O) groups excluding carboxylic acids is 1. The van der Waals surface area contributed by atoms with E-state index in [1.807, 2.05) is 37.3 Å². The maximum atomic E-state index is 13.2. The van der Waals surface area contributed by atoms with Crippen molar-refractivity contribution in [3.8, 4) is 5.75 Å². The summed E-state index contributed by atoms with van der Waals surface area (Å²) in [5.74, 6) is 0.387. The lowest BCUT2D eigenvalue weighted by Gasteiger charge is -2.10. The van der Waals surface area contributed by atoms with Crippen LogP contribution in [0.5, 0.6) is 5.75 Å². The van der Waals surface area contributed by atoms with Crippen LogP contribution >= 0.6 is 46.6 Å². The number of rotatable bonds is 5. The largest absolute Gasteiger partial charge is 0.488 e. The van der Waals surface area contributed by atoms with E-state index in [2.05, 4.69) is 22.6 Å². The summed E-state index contributed by atoms with van der Waals surface area (Å²) in [7, 11) is 0. The average Bonchev–Trinajstić information content (AvgIpc) is 2.87. The molecule has 1 fully saturated rings. The van der Waals surface area contributed by atoms with Crippen molar-refractivity contribution in [1.29, 1.82) is 0 Å². The number of thioether (sulfide) groups is 1. The molecule has 2 aromatic rings. The molecule has 0 unspecified atom stereocenters. The van der Waals surface area contributed by atoms with Crippen molar-refractivity contribution in [2.45, 2.75) is 13.5 Å². The number of halogens is 2. The number of benzene rings is 2. The minimum Gasteiger partial charge on any atom is -0.488 e. The highest BCUT2D eigenvalue weighted by atomic mass is 127. The van der Waals surface area contributed by atoms with Gasteiger partial charge in [-0.15, -0.1) is 0 Å². The van der Waals surface area contributed by atoms with E-state index >= 15 is 0 Å². The SMILES string of the molecule is CCN1C(=O)/C(=C/c2ccc(OCc3cccc(F)c3)c(I)c2)SC1=S. The lowest BCUT2D eigenvalue weighted by atomic mass is 10.2. The Bertz CT molecular complexity index is 901. The topological polar surface area (TPSA) is 29.5 Å². The highest BCUT2D eigenvalue weighted by Crippen LogP contribution is 2.33. The van der Waals surface area contributed by atoms with Gasteiger partial charge in [0.1, 0.15) is 22.5 Å². The lowest BCUT2D eigenvalue weighted by Crippen LogP contribution is -2.27. The number of nitrogens with zero attached hydrogens (tertiary/aromatic N) is 1. The van der Waals surface area contributed by atoms with Crippen LogP contribution in [0.1, 0.15) is 18.1 Å². The minimum absolute atomic E-state index is 0.0519. The Morgan fingerprint density at radius 2 is 2.12 bits per heavy atom. The van der Waals surface area contributed by atoms with E-state index in [0.717, 1.165) is 14.7 Å². The van der Waals surface area contributed by atoms with Gasteiger partial charge in [-0.3, -0.25) is 9.69 Å². The molecular formula is C19H15FINO2S2. The molecule has 7 heteroatoms. The van der Waals surface area contributed by atoms with Gasteiger partial charge in [0, 0.05) is 6.54 Å². The van der Waals surface area contributed by atoms with E-state index in [9.17, 15) is 9.18 Å². The molecule has 0 N–H and O–H groups in total. The number of amides is 1. The van der Waals surface area contributed by atoms with Crippen molar-refractivity contribution in [2.75, 3.05) is 6.54 Å². The molecule has 26 heavy (non-hydrogen) atoms. The zero-order chi connectivity index (χ0) is 18.7. The molecule has 0 aromatic heterocycles. The molecule has 3 nitrogen and oxygen atoms in total. The number of carbonyl (C=O) groups is 1. The molecule has 0 atom stereocenters. The van der Waals surface area contributed by atoms with Crippen molar-refractivity contribution in [2.24, 2.45) is 0 Å². The van der Waals surface area contributed by atoms with Gasteiger partial charge in [-0.2, -0.15) is 0 Å². The van der Waals surface area contributed by atoms with Crippen LogP contribution in [0.25, 0.3) is 6.08 Å². The first-order chi connectivity index (χ1) is 12.5. The monoisotopic (exact) mass is 499 g/mol. The first kappa shape index (κ1) is 19.3. The molecule has 3 rings (SSSR count). The van der Waals surface area contributed by atoms with Crippen LogP contribution in [-0.2, 0) is 11.4 Å². The molecular weight excluding hydrogens is 484 g/mol. The number of hydrogen-bond donors (Lipinski definition) is 0. The quantitative estimate of drug-likeness (QED) is 0.320. The van der Waals surface area contributed by atoms with E-state index in [-0.39, 0.29) is 11.7 Å². The summed E-state index contributed by atoms with van der Waals surface area (Å²) in [6.45, 7) is 2.77. The third-order valence-corrected chi connectivity index (χ3v) is 5.95. The van der Waals surface area contributed by atoms with Gasteiger partial charge in [-0.1, -0.05) is 42.2 Å². The van der Waals surface area contributed by atoms with Crippen LogP contribution in [0.15, 0.2) is 47.4 Å². The molecule has 0 saturated carbocycles. The number of likely N-dealkylation sites (N-methyl/N-ethyl adjacent to an activating group) is 1. The Labute approximate surface area is 174 Å². The predicted octanol–water partition coefficient (Wildman–Crippen LogP) is 5.23. The lowest BCUT2D eigenvalue weighted by molar-refractivity contribution is -0.121. The predicted molar refractivity (Wildman–Crippen MR) is 115 cm³/mol. The Hall–Kier alpha value is -1.45. The molecule has 0 radical (unpaired) electrons. The van der Waals surface area contributed by atoms with Gasteiger partial charge >= 0.3 is 0 Å². The van der Waals surface area contributed by atoms with Gasteiger partial charge in [0.25, 0.3) is 5.91 Å². The standard InChI is InChI=1S/C19H15FINO2S2/c1-2-22-18(23)17(26-19(22)25)10-12-6-7-16(15(21)9-12)24-11-13-4-3-5-14(20)8-13/h3-10H,2,11H2,1H3/b17-10-. The highest BCUT2D eigenvalue weighted by Gasteiger charge is 2.30. The second-order valence-electron chi connectivity index (χ2n) is 5.53. The van der Waals surface area contributed by atoms with Crippen molar-refractivity contribution in [1.82, 2.24) is 4.90 Å². The molecule has 2 aromatic carbocycles. The van der Waals surface area contributed by atoms with Crippen LogP contribution in [0, 0.1) is 9.39 Å². The van der Waals surface area contributed by atoms with Crippen LogP contribution in [0.3, 0.4) is 0 Å². The van der Waals surface area contributed by atoms with Crippen LogP contribution in [-0.4, -0.2) is 21.7 Å². The third-order valence-electron chi connectivity index (χ3n) is 3.73. The van der Waals surface area contributed by atoms with Crippen molar-refractivity contribution < 1.29 is 13.9 Å². The van der Waals surface area contributed by atoms with Crippen molar-refractivity contribution >= 4 is 62.9 Å². The Kier molecular flexibility index (Phi) is 6.31. The zero-order valence-corrected chi connectivity index (χ0v) is 17.7. The van der Waals surface area contributed by atoms with E-state index in [0.29, 0.717) is 28.1 Å². The summed E-state index contributed by atoms with van der Waals surface area (Å²) in [5.41, 5.74) is 1.68. The molecule has 1 amide bonds. The molecule has 0 aliphatic carbocycles. The second-order valence-corrected chi connectivity index (χ2v) is 8.37. The molecule has 0 bridgehead atoms. The summed E-state index contributed by atoms with van der Waals surface area (Å²) >= 11 is 8.73. The van der Waals surface area contributed by atoms with Gasteiger partial charge in [-0.25, -0.2) is 4.39 Å². The summed E-state index contributed by atoms with van der Waals surface area (Å²) < 4.78 is 20.5. The molecule has 1 heterocycles. The van der Waals surface area contributed by atoms with Gasteiger partial charge in [-0.05, 0) is 71.0 Å². The minimum atomic E-state index is -0.277. The fraction of sp³-hybridized carbons (Fsp3) is 0.158. The Balaban J connectivity index is 1.73. The summed E-state index contributed by atoms with van der Waals surface area (Å²) in [6, 6.07) is 12.0. The molecule has 0 spiro atoms. The highest BCUT2D eigenvalue weighted by molar-refractivity contribution is 14.1. The fourth-order valence-corrected chi connectivity index (χ4v) is 4.52. The first-order valence-electron chi connectivity index (χ1n) is 7.90. The first-order valence-corrected chi connectivity index (χ1v) is 10.2. The van der Waals surface area contributed by atoms with Crippen molar-refractivity contribution in [3.63, 3.8) is 0 Å². The normalized spacial score (nSPS) is 15.8. The summed E-state index contributed by atoms with van der Waals surface area (Å²) in [4.78, 5) is 14.5. The summed E-state index contributed by atoms with van der Waals surface area (Å²) in [6.07, 6.45) is 1.84. The van der Waals surface area contributed by atoms with E-state index < -0.39 is 0 Å². The zero-order valence-electron chi connectivity index (χ0n) is 13.9. The Morgan fingerprint density at radius 3 is 2.77 bits per heavy atom. The van der Waals surface area contributed by atoms with Gasteiger partial charge in [0.05, 0.1) is 8.48 Å². The van der Waals surface area contributed by atoms with Crippen LogP contribution < -0.4 is 4.74 Å². The summed E-state index contributed by atoms with van der Waals surface area (Å²) in [5, 5.41) is 0. The second kappa shape index (κ2) is 8.49. The number of thiocarbonyl (C=S) groups is 1. The van der Waals surface area contributed by atoms with E-state index in [1.165, 1.54) is 23.9 Å². The smallest absolute Gasteiger partial charge is 0.266 e. The van der Waals surface area contributed by atoms with E-state index in [4.69, 9.17) is 17.0 Å². The van der Waals surface area contributed by atoms with Crippen LogP contribution in [0.2, 0.25) is 0 Å². The molecule has 1 aliphatic heterocycles. The molecule has 134 valence electrons. The molecule has 1 saturated heterocycles. The van der Waals surface area contributed by atoms with Gasteiger partial charge in [0.2, 0.25) is 0 Å². The third kappa shape index (κ3) is 4.44. The number of hydrogen-bond acceptors (Lipinski definition) is 4. The maximum absolute atomic E-state index is 13.2. The average molecular weight is 499 g/mol. The van der Waals surface area contributed by atoms with E-state index in [1.54, 1.807) is 11.0 Å². The number of ether oxygens (including phenoxy) is 1. The van der Waals surface area contributed by atoms with Crippen molar-refractivity contribution in [3.05, 3.63) is 67.9 Å². The van der Waals surface area contributed by atoms with Gasteiger partial charge < -0.3 is 4.74 Å². The maximum Gasteiger partial charge on any atom is 0.266 e. The van der Waals surface area contributed by atoms with Crippen LogP contribution in [0.4, 0.5) is 4.39 Å². The fourth-order valence-electron chi connectivity index (χ4n) is 2.44. The van der Waals surface area contributed by atoms with Gasteiger partial charge in [0.15, 0.2) is 0 Å².